The Morgan fingerprint density at radius 3 is 2.71 bits per heavy atom. The minimum Gasteiger partial charge on any atom is -0.214 e. The van der Waals surface area contributed by atoms with E-state index in [2.05, 4.69) is 16.6 Å². The Morgan fingerprint density at radius 2 is 2.06 bits per heavy atom. The van der Waals surface area contributed by atoms with Gasteiger partial charge in [-0.25, -0.2) is 13.1 Å². The van der Waals surface area contributed by atoms with E-state index < -0.39 is 10.0 Å². The smallest absolute Gasteiger partial charge is 0.214 e. The molecule has 17 heavy (non-hydrogen) atoms. The fraction of sp³-hybridized carbons (Fsp3) is 0.333. The Balaban J connectivity index is 3.04. The summed E-state index contributed by atoms with van der Waals surface area (Å²) < 4.78 is 25.7. The third-order valence-corrected chi connectivity index (χ3v) is 3.84. The van der Waals surface area contributed by atoms with Crippen LogP contribution in [-0.2, 0) is 10.0 Å². The molecule has 0 fully saturated rings. The number of sulfonamides is 1. The van der Waals surface area contributed by atoms with Crippen molar-refractivity contribution in [3.05, 3.63) is 29.8 Å². The average molecular weight is 272 g/mol. The zero-order valence-corrected chi connectivity index (χ0v) is 11.1. The van der Waals surface area contributed by atoms with Crippen molar-refractivity contribution in [1.82, 2.24) is 4.72 Å². The van der Waals surface area contributed by atoms with Crippen molar-refractivity contribution >= 4 is 21.6 Å². The van der Waals surface area contributed by atoms with Crippen molar-refractivity contribution in [1.29, 1.82) is 0 Å². The van der Waals surface area contributed by atoms with Gasteiger partial charge in [0, 0.05) is 17.9 Å². The second kappa shape index (κ2) is 6.65. The molecule has 0 bridgehead atoms. The van der Waals surface area contributed by atoms with Crippen LogP contribution in [0.5, 0.6) is 0 Å². The molecule has 1 aromatic rings. The van der Waals surface area contributed by atoms with Gasteiger partial charge in [0.1, 0.15) is 0 Å². The number of hydrogen-bond acceptors (Lipinski definition) is 2. The molecular formula is C12H14ClNO2S. The number of rotatable bonds is 4. The molecule has 0 saturated heterocycles. The maximum atomic E-state index is 11.7. The minimum atomic E-state index is -3.45. The Bertz CT molecular complexity index is 529. The highest BCUT2D eigenvalue weighted by atomic mass is 35.5. The van der Waals surface area contributed by atoms with Gasteiger partial charge in [-0.3, -0.25) is 0 Å². The van der Waals surface area contributed by atoms with E-state index in [0.29, 0.717) is 17.9 Å². The Hall–Kier alpha value is -1.02. The fourth-order valence-electron chi connectivity index (χ4n) is 1.23. The summed E-state index contributed by atoms with van der Waals surface area (Å²) in [6, 6.07) is 6.67. The molecule has 1 rings (SSSR count). The van der Waals surface area contributed by atoms with Crippen LogP contribution >= 0.6 is 11.6 Å². The molecule has 3 nitrogen and oxygen atoms in total. The van der Waals surface area contributed by atoms with E-state index in [4.69, 9.17) is 11.6 Å². The van der Waals surface area contributed by atoms with Gasteiger partial charge in [-0.2, -0.15) is 0 Å². The third-order valence-electron chi connectivity index (χ3n) is 2.10. The lowest BCUT2D eigenvalue weighted by Gasteiger charge is -2.04. The molecule has 0 saturated carbocycles. The Kier molecular flexibility index (Phi) is 5.49. The zero-order valence-electron chi connectivity index (χ0n) is 9.53. The van der Waals surface area contributed by atoms with Crippen LogP contribution < -0.4 is 4.72 Å². The van der Waals surface area contributed by atoms with Gasteiger partial charge in [0.2, 0.25) is 10.0 Å². The lowest BCUT2D eigenvalue weighted by Crippen LogP contribution is -2.19. The third kappa shape index (κ3) is 4.04. The molecule has 5 heteroatoms. The summed E-state index contributed by atoms with van der Waals surface area (Å²) in [4.78, 5) is 0.209. The van der Waals surface area contributed by atoms with Gasteiger partial charge >= 0.3 is 0 Å². The van der Waals surface area contributed by atoms with Crippen molar-refractivity contribution in [3.8, 4) is 11.8 Å². The molecule has 0 atom stereocenters. The van der Waals surface area contributed by atoms with E-state index in [9.17, 15) is 8.42 Å². The highest BCUT2D eigenvalue weighted by Gasteiger charge is 2.14. The van der Waals surface area contributed by atoms with E-state index in [1.54, 1.807) is 18.2 Å². The van der Waals surface area contributed by atoms with Crippen molar-refractivity contribution in [2.75, 3.05) is 12.9 Å². The summed E-state index contributed by atoms with van der Waals surface area (Å²) in [5.74, 6) is 6.33. The quantitative estimate of drug-likeness (QED) is 0.517. The predicted octanol–water partition coefficient (Wildman–Crippen LogP) is 1.97. The van der Waals surface area contributed by atoms with Crippen molar-refractivity contribution in [2.45, 2.75) is 17.7 Å². The maximum Gasteiger partial charge on any atom is 0.241 e. The monoisotopic (exact) mass is 271 g/mol. The number of alkyl halides is 1. The summed E-state index contributed by atoms with van der Waals surface area (Å²) in [5, 5.41) is 0. The number of benzene rings is 1. The molecule has 0 heterocycles. The molecular weight excluding hydrogens is 258 g/mol. The van der Waals surface area contributed by atoms with Crippen LogP contribution in [0.15, 0.2) is 29.2 Å². The second-order valence-electron chi connectivity index (χ2n) is 3.30. The summed E-state index contributed by atoms with van der Waals surface area (Å²) in [7, 11) is -2.07. The lowest BCUT2D eigenvalue weighted by atomic mass is 10.2. The van der Waals surface area contributed by atoms with Gasteiger partial charge < -0.3 is 0 Å². The largest absolute Gasteiger partial charge is 0.241 e. The number of halogens is 1. The molecule has 0 aromatic heterocycles. The Morgan fingerprint density at radius 1 is 1.35 bits per heavy atom. The van der Waals surface area contributed by atoms with E-state index in [0.717, 1.165) is 6.42 Å². The maximum absolute atomic E-state index is 11.7. The number of unbranched alkanes of at least 4 members (excludes halogenated alkanes) is 1. The fourth-order valence-corrected chi connectivity index (χ4v) is 2.25. The van der Waals surface area contributed by atoms with Gasteiger partial charge in [0.05, 0.1) is 4.90 Å². The van der Waals surface area contributed by atoms with Gasteiger partial charge in [-0.15, -0.1) is 11.6 Å². The SMILES string of the molecule is CNS(=O)(=O)c1ccccc1C#CCCCCl. The first-order valence-electron chi connectivity index (χ1n) is 5.19. The Labute approximate surface area is 107 Å². The molecule has 0 amide bonds. The van der Waals surface area contributed by atoms with E-state index >= 15 is 0 Å². The van der Waals surface area contributed by atoms with Gasteiger partial charge in [0.25, 0.3) is 0 Å². The van der Waals surface area contributed by atoms with Gasteiger partial charge in [-0.05, 0) is 25.6 Å². The van der Waals surface area contributed by atoms with Crippen molar-refractivity contribution < 1.29 is 8.42 Å². The van der Waals surface area contributed by atoms with Crippen LogP contribution in [0.2, 0.25) is 0 Å². The van der Waals surface area contributed by atoms with Crippen molar-refractivity contribution in [3.63, 3.8) is 0 Å². The molecule has 0 unspecified atom stereocenters. The highest BCUT2D eigenvalue weighted by molar-refractivity contribution is 7.89. The molecule has 0 aliphatic carbocycles. The van der Waals surface area contributed by atoms with E-state index in [1.165, 1.54) is 13.1 Å². The molecule has 1 aromatic carbocycles. The van der Waals surface area contributed by atoms with E-state index in [-0.39, 0.29) is 4.90 Å². The molecule has 0 spiro atoms. The topological polar surface area (TPSA) is 46.2 Å². The van der Waals surface area contributed by atoms with Crippen LogP contribution in [0.1, 0.15) is 18.4 Å². The normalized spacial score (nSPS) is 10.7. The second-order valence-corrected chi connectivity index (χ2v) is 5.53. The number of nitrogens with one attached hydrogen (secondary N) is 1. The lowest BCUT2D eigenvalue weighted by molar-refractivity contribution is 0.588. The molecule has 0 aliphatic rings. The van der Waals surface area contributed by atoms with Gasteiger partial charge in [-0.1, -0.05) is 24.0 Å². The van der Waals surface area contributed by atoms with Crippen LogP contribution in [-0.4, -0.2) is 21.3 Å². The molecule has 92 valence electrons. The van der Waals surface area contributed by atoms with Crippen LogP contribution in [0.3, 0.4) is 0 Å². The molecule has 1 N–H and O–H groups in total. The average Bonchev–Trinajstić information content (AvgIpc) is 2.35. The molecule has 0 radical (unpaired) electrons. The van der Waals surface area contributed by atoms with Crippen LogP contribution in [0.4, 0.5) is 0 Å². The first kappa shape index (κ1) is 14.0. The molecule has 0 aliphatic heterocycles. The minimum absolute atomic E-state index is 0.209. The first-order chi connectivity index (χ1) is 8.11. The van der Waals surface area contributed by atoms with Crippen LogP contribution in [0.25, 0.3) is 0 Å². The van der Waals surface area contributed by atoms with E-state index in [1.807, 2.05) is 0 Å². The standard InChI is InChI=1S/C12H14ClNO2S/c1-14-17(15,16)12-9-5-4-8-11(12)7-3-2-6-10-13/h4-5,8-9,14H,2,6,10H2,1H3. The predicted molar refractivity (Wildman–Crippen MR) is 69.5 cm³/mol. The highest BCUT2D eigenvalue weighted by Crippen LogP contribution is 2.13. The zero-order chi connectivity index (χ0) is 12.7. The summed E-state index contributed by atoms with van der Waals surface area (Å²) in [6.07, 6.45) is 1.47. The van der Waals surface area contributed by atoms with Crippen molar-refractivity contribution in [2.24, 2.45) is 0 Å². The summed E-state index contributed by atoms with van der Waals surface area (Å²) in [5.41, 5.74) is 0.511. The van der Waals surface area contributed by atoms with Crippen LogP contribution in [0, 0.1) is 11.8 Å². The van der Waals surface area contributed by atoms with Gasteiger partial charge in [0.15, 0.2) is 0 Å². The summed E-state index contributed by atoms with van der Waals surface area (Å²) in [6.45, 7) is 0. The number of hydrogen-bond donors (Lipinski definition) is 1. The first-order valence-corrected chi connectivity index (χ1v) is 7.21. The summed E-state index contributed by atoms with van der Waals surface area (Å²) >= 11 is 5.54.